The predicted molar refractivity (Wildman–Crippen MR) is 72.4 cm³/mol. The maximum Gasteiger partial charge on any atom is 0.0658 e. The first-order valence-electron chi connectivity index (χ1n) is 6.15. The van der Waals surface area contributed by atoms with Gasteiger partial charge in [0.05, 0.1) is 11.6 Å². The van der Waals surface area contributed by atoms with E-state index in [1.165, 1.54) is 22.3 Å². The summed E-state index contributed by atoms with van der Waals surface area (Å²) in [7, 11) is 0. The van der Waals surface area contributed by atoms with Crippen LogP contribution < -0.4 is 0 Å². The molecule has 2 aromatic carbocycles. The van der Waals surface area contributed by atoms with E-state index in [1.807, 2.05) is 19.1 Å². The van der Waals surface area contributed by atoms with Crippen molar-refractivity contribution in [3.05, 3.63) is 70.8 Å². The smallest absolute Gasteiger partial charge is 0.0658 e. The third kappa shape index (κ3) is 1.61. The van der Waals surface area contributed by atoms with Crippen molar-refractivity contribution < 1.29 is 5.21 Å². The molecule has 2 aromatic rings. The van der Waals surface area contributed by atoms with Gasteiger partial charge in [-0.3, -0.25) is 0 Å². The summed E-state index contributed by atoms with van der Waals surface area (Å²) < 4.78 is 0. The lowest BCUT2D eigenvalue weighted by atomic mass is 9.76. The molecule has 0 radical (unpaired) electrons. The van der Waals surface area contributed by atoms with Crippen LogP contribution in [-0.4, -0.2) is 10.9 Å². The molecule has 3 rings (SSSR count). The summed E-state index contributed by atoms with van der Waals surface area (Å²) in [6.07, 6.45) is 0.960. The van der Waals surface area contributed by atoms with Gasteiger partial charge in [-0.2, -0.15) is 0 Å². The van der Waals surface area contributed by atoms with Crippen LogP contribution in [0, 0.1) is 0 Å². The van der Waals surface area contributed by atoms with Gasteiger partial charge in [-0.05, 0) is 35.6 Å². The second-order valence-corrected chi connectivity index (χ2v) is 4.75. The number of hydrogen-bond donors (Lipinski definition) is 1. The van der Waals surface area contributed by atoms with Crippen molar-refractivity contribution in [3.8, 4) is 0 Å². The molecular formula is C16H15NO. The van der Waals surface area contributed by atoms with Crippen molar-refractivity contribution in [2.75, 3.05) is 0 Å². The van der Waals surface area contributed by atoms with E-state index in [2.05, 4.69) is 41.6 Å². The van der Waals surface area contributed by atoms with Gasteiger partial charge in [-0.1, -0.05) is 53.7 Å². The van der Waals surface area contributed by atoms with Crippen LogP contribution in [0.4, 0.5) is 0 Å². The lowest BCUT2D eigenvalue weighted by Crippen LogP contribution is -2.19. The molecule has 0 aliphatic heterocycles. The van der Waals surface area contributed by atoms with Gasteiger partial charge in [0.15, 0.2) is 0 Å². The average Bonchev–Trinajstić information content (AvgIpc) is 2.44. The Balaban J connectivity index is 2.24. The highest BCUT2D eigenvalue weighted by Crippen LogP contribution is 2.37. The minimum atomic E-state index is 0.0798. The first-order valence-corrected chi connectivity index (χ1v) is 6.15. The normalized spacial score (nSPS) is 15.1. The molecule has 1 aliphatic carbocycles. The summed E-state index contributed by atoms with van der Waals surface area (Å²) in [5, 5.41) is 12.6. The van der Waals surface area contributed by atoms with Gasteiger partial charge in [0.1, 0.15) is 0 Å². The summed E-state index contributed by atoms with van der Waals surface area (Å²) in [5.74, 6) is 0.0798. The quantitative estimate of drug-likeness (QED) is 0.459. The molecule has 0 spiro atoms. The summed E-state index contributed by atoms with van der Waals surface area (Å²) >= 11 is 0. The fraction of sp³-hybridized carbons (Fsp3) is 0.188. The lowest BCUT2D eigenvalue weighted by Gasteiger charge is -2.27. The van der Waals surface area contributed by atoms with Gasteiger partial charge in [0.2, 0.25) is 0 Å². The van der Waals surface area contributed by atoms with Gasteiger partial charge in [-0.25, -0.2) is 0 Å². The molecule has 0 atom stereocenters. The molecule has 0 saturated carbocycles. The fourth-order valence-electron chi connectivity index (χ4n) is 2.83. The Hall–Kier alpha value is -2.09. The molecule has 90 valence electrons. The monoisotopic (exact) mass is 237 g/mol. The average molecular weight is 237 g/mol. The van der Waals surface area contributed by atoms with Crippen LogP contribution >= 0.6 is 0 Å². The fourth-order valence-corrected chi connectivity index (χ4v) is 2.83. The number of rotatable bonds is 1. The number of nitrogens with zero attached hydrogens (tertiary/aromatic N) is 1. The van der Waals surface area contributed by atoms with E-state index < -0.39 is 0 Å². The maximum atomic E-state index is 9.13. The zero-order valence-corrected chi connectivity index (χ0v) is 10.3. The van der Waals surface area contributed by atoms with Gasteiger partial charge >= 0.3 is 0 Å². The Morgan fingerprint density at radius 2 is 1.50 bits per heavy atom. The predicted octanol–water partition coefficient (Wildman–Crippen LogP) is 3.57. The maximum absolute atomic E-state index is 9.13. The van der Waals surface area contributed by atoms with Crippen molar-refractivity contribution in [1.29, 1.82) is 0 Å². The molecule has 0 heterocycles. The largest absolute Gasteiger partial charge is 0.411 e. The highest BCUT2D eigenvalue weighted by Gasteiger charge is 2.27. The second-order valence-electron chi connectivity index (χ2n) is 4.75. The lowest BCUT2D eigenvalue weighted by molar-refractivity contribution is 0.317. The van der Waals surface area contributed by atoms with Crippen molar-refractivity contribution in [3.63, 3.8) is 0 Å². The van der Waals surface area contributed by atoms with Crippen molar-refractivity contribution in [1.82, 2.24) is 0 Å². The Morgan fingerprint density at radius 1 is 1.00 bits per heavy atom. The summed E-state index contributed by atoms with van der Waals surface area (Å²) in [4.78, 5) is 0. The Labute approximate surface area is 107 Å². The molecule has 18 heavy (non-hydrogen) atoms. The van der Waals surface area contributed by atoms with Crippen molar-refractivity contribution in [2.45, 2.75) is 19.3 Å². The van der Waals surface area contributed by atoms with E-state index >= 15 is 0 Å². The zero-order valence-electron chi connectivity index (χ0n) is 10.3. The number of benzene rings is 2. The highest BCUT2D eigenvalue weighted by atomic mass is 16.4. The first kappa shape index (κ1) is 11.0. The molecule has 1 N–H and O–H groups in total. The topological polar surface area (TPSA) is 32.6 Å². The van der Waals surface area contributed by atoms with Gasteiger partial charge in [0.25, 0.3) is 0 Å². The summed E-state index contributed by atoms with van der Waals surface area (Å²) in [5.41, 5.74) is 5.90. The Morgan fingerprint density at radius 3 is 2.00 bits per heavy atom. The Kier molecular flexibility index (Phi) is 2.63. The third-order valence-electron chi connectivity index (χ3n) is 3.69. The van der Waals surface area contributed by atoms with Crippen LogP contribution in [0.1, 0.15) is 35.1 Å². The van der Waals surface area contributed by atoms with Gasteiger partial charge < -0.3 is 5.21 Å². The van der Waals surface area contributed by atoms with Crippen LogP contribution in [0.2, 0.25) is 0 Å². The molecule has 0 saturated heterocycles. The summed E-state index contributed by atoms with van der Waals surface area (Å²) in [6, 6.07) is 16.8. The molecule has 0 aromatic heterocycles. The van der Waals surface area contributed by atoms with E-state index in [0.717, 1.165) is 12.1 Å². The number of hydrogen-bond acceptors (Lipinski definition) is 2. The Bertz CT molecular complexity index is 570. The van der Waals surface area contributed by atoms with Crippen LogP contribution in [-0.2, 0) is 6.42 Å². The van der Waals surface area contributed by atoms with E-state index in [9.17, 15) is 0 Å². The molecule has 0 bridgehead atoms. The van der Waals surface area contributed by atoms with Crippen molar-refractivity contribution >= 4 is 5.71 Å². The highest BCUT2D eigenvalue weighted by molar-refractivity contribution is 5.92. The standard InChI is InChI=1S/C16H15NO/c1-11(17-18)16-14-8-4-2-6-12(14)10-13-7-3-5-9-15(13)16/h2-9,16,18H,10H2,1H3/b17-11-. The van der Waals surface area contributed by atoms with E-state index in [0.29, 0.717) is 0 Å². The minimum absolute atomic E-state index is 0.0798. The number of fused-ring (bicyclic) bond motifs is 2. The molecular weight excluding hydrogens is 222 g/mol. The van der Waals surface area contributed by atoms with Crippen LogP contribution in [0.25, 0.3) is 0 Å². The van der Waals surface area contributed by atoms with Crippen LogP contribution in [0.3, 0.4) is 0 Å². The minimum Gasteiger partial charge on any atom is -0.411 e. The van der Waals surface area contributed by atoms with Crippen LogP contribution in [0.15, 0.2) is 53.7 Å². The molecule has 0 fully saturated rings. The van der Waals surface area contributed by atoms with E-state index in [1.54, 1.807) is 0 Å². The third-order valence-corrected chi connectivity index (χ3v) is 3.69. The molecule has 2 heteroatoms. The molecule has 1 aliphatic rings. The zero-order chi connectivity index (χ0) is 12.5. The SMILES string of the molecule is C/C(=N/O)C1c2ccccc2Cc2ccccc21. The van der Waals surface area contributed by atoms with Gasteiger partial charge in [-0.15, -0.1) is 0 Å². The van der Waals surface area contributed by atoms with E-state index in [-0.39, 0.29) is 5.92 Å². The molecule has 0 unspecified atom stereocenters. The second kappa shape index (κ2) is 4.30. The van der Waals surface area contributed by atoms with Crippen LogP contribution in [0.5, 0.6) is 0 Å². The first-order chi connectivity index (χ1) is 8.81. The molecule has 2 nitrogen and oxygen atoms in total. The summed E-state index contributed by atoms with van der Waals surface area (Å²) in [6.45, 7) is 1.88. The number of oxime groups is 1. The van der Waals surface area contributed by atoms with Gasteiger partial charge in [0, 0.05) is 0 Å². The molecule has 0 amide bonds. The van der Waals surface area contributed by atoms with Crippen molar-refractivity contribution in [2.24, 2.45) is 5.16 Å². The van der Waals surface area contributed by atoms with E-state index in [4.69, 9.17) is 5.21 Å².